The normalized spacial score (nSPS) is 42.2. The quantitative estimate of drug-likeness (QED) is 0.452. The summed E-state index contributed by atoms with van der Waals surface area (Å²) in [6.07, 6.45) is 12.2. The molecule has 2 saturated carbocycles. The Morgan fingerprint density at radius 3 is 2.50 bits per heavy atom. The van der Waals surface area contributed by atoms with E-state index in [1.165, 1.54) is 11.1 Å². The van der Waals surface area contributed by atoms with Gasteiger partial charge in [0.25, 0.3) is 0 Å². The number of hydrogen-bond donors (Lipinski definition) is 2. The number of fused-ring (bicyclic) bond motifs is 5. The maximum absolute atomic E-state index is 12.8. The third-order valence-electron chi connectivity index (χ3n) is 11.2. The third kappa shape index (κ3) is 3.34. The van der Waals surface area contributed by atoms with Gasteiger partial charge in [-0.15, -0.1) is 0 Å². The van der Waals surface area contributed by atoms with Crippen molar-refractivity contribution in [3.63, 3.8) is 0 Å². The van der Waals surface area contributed by atoms with E-state index in [4.69, 9.17) is 5.11 Å². The molecule has 4 aliphatic carbocycles. The van der Waals surface area contributed by atoms with E-state index in [2.05, 4.69) is 53.7 Å². The zero-order valence-electron chi connectivity index (χ0n) is 22.2. The molecule has 0 aromatic heterocycles. The van der Waals surface area contributed by atoms with E-state index < -0.39 is 12.1 Å². The first-order valence-corrected chi connectivity index (χ1v) is 13.2. The van der Waals surface area contributed by atoms with Gasteiger partial charge in [-0.1, -0.05) is 59.8 Å². The van der Waals surface area contributed by atoms with Gasteiger partial charge in [0.2, 0.25) is 0 Å². The Morgan fingerprint density at radius 2 is 1.85 bits per heavy atom. The molecule has 0 aliphatic heterocycles. The standard InChI is InChI=1S/C30H44O4/c1-18(9-8-10-19(2)26(33)34)22-17-25(32)30(7)21-11-12-23-27(3,4)24(31)14-15-28(23,5)20(21)13-16-29(22,30)6/h10-11,13,18,22-23,25,32H,8-9,12,14-17H2,1-7H3,(H,33,34)/b19-10+/t18-,22-,23?,25+,28-,29-,30-/m1/s1. The molecule has 0 spiro atoms. The van der Waals surface area contributed by atoms with Crippen LogP contribution in [0.5, 0.6) is 0 Å². The molecule has 4 heteroatoms. The van der Waals surface area contributed by atoms with Crippen LogP contribution in [-0.4, -0.2) is 28.1 Å². The zero-order valence-corrected chi connectivity index (χ0v) is 22.2. The molecular weight excluding hydrogens is 424 g/mol. The van der Waals surface area contributed by atoms with Crippen LogP contribution in [0.15, 0.2) is 34.9 Å². The molecule has 34 heavy (non-hydrogen) atoms. The molecule has 2 N–H and O–H groups in total. The Morgan fingerprint density at radius 1 is 1.18 bits per heavy atom. The summed E-state index contributed by atoms with van der Waals surface area (Å²) in [5.41, 5.74) is 2.46. The van der Waals surface area contributed by atoms with Crippen LogP contribution in [0.25, 0.3) is 0 Å². The van der Waals surface area contributed by atoms with Crippen molar-refractivity contribution in [3.8, 4) is 0 Å². The van der Waals surface area contributed by atoms with E-state index in [1.807, 2.05) is 6.08 Å². The predicted molar refractivity (Wildman–Crippen MR) is 135 cm³/mol. The Labute approximate surface area is 205 Å². The van der Waals surface area contributed by atoms with Crippen LogP contribution in [0.1, 0.15) is 93.4 Å². The lowest BCUT2D eigenvalue weighted by Crippen LogP contribution is -2.54. The minimum atomic E-state index is -0.850. The van der Waals surface area contributed by atoms with Crippen LogP contribution in [0.4, 0.5) is 0 Å². The lowest BCUT2D eigenvalue weighted by atomic mass is 9.44. The van der Waals surface area contributed by atoms with E-state index >= 15 is 0 Å². The maximum atomic E-state index is 12.8. The maximum Gasteiger partial charge on any atom is 0.330 e. The largest absolute Gasteiger partial charge is 0.478 e. The van der Waals surface area contributed by atoms with Gasteiger partial charge >= 0.3 is 5.97 Å². The number of hydrogen-bond acceptors (Lipinski definition) is 3. The smallest absolute Gasteiger partial charge is 0.330 e. The molecular formula is C30H44O4. The van der Waals surface area contributed by atoms with Gasteiger partial charge in [0.05, 0.1) is 6.10 Å². The molecule has 0 radical (unpaired) electrons. The summed E-state index contributed by atoms with van der Waals surface area (Å²) in [5, 5.41) is 20.8. The second kappa shape index (κ2) is 8.18. The molecule has 0 aromatic carbocycles. The summed E-state index contributed by atoms with van der Waals surface area (Å²) in [6, 6.07) is 0. The summed E-state index contributed by atoms with van der Waals surface area (Å²) in [7, 11) is 0. The van der Waals surface area contributed by atoms with Crippen molar-refractivity contribution in [2.24, 2.45) is 39.4 Å². The van der Waals surface area contributed by atoms with Gasteiger partial charge in [-0.3, -0.25) is 4.79 Å². The first-order chi connectivity index (χ1) is 15.7. The molecule has 0 amide bonds. The Hall–Kier alpha value is -1.68. The summed E-state index contributed by atoms with van der Waals surface area (Å²) < 4.78 is 0. The number of carbonyl (C=O) groups excluding carboxylic acids is 1. The zero-order chi connectivity index (χ0) is 25.3. The second-order valence-electron chi connectivity index (χ2n) is 13.0. The van der Waals surface area contributed by atoms with Gasteiger partial charge in [-0.2, -0.15) is 0 Å². The van der Waals surface area contributed by atoms with Gasteiger partial charge in [-0.05, 0) is 85.2 Å². The van der Waals surface area contributed by atoms with Crippen LogP contribution in [0, 0.1) is 39.4 Å². The number of allylic oxidation sites excluding steroid dienone is 4. The fraction of sp³-hybridized carbons (Fsp3) is 0.733. The fourth-order valence-electron chi connectivity index (χ4n) is 8.60. The Kier molecular flexibility index (Phi) is 6.12. The summed E-state index contributed by atoms with van der Waals surface area (Å²) in [6.45, 7) is 15.2. The van der Waals surface area contributed by atoms with E-state index in [9.17, 15) is 14.7 Å². The fourth-order valence-corrected chi connectivity index (χ4v) is 8.60. The monoisotopic (exact) mass is 468 g/mol. The summed E-state index contributed by atoms with van der Waals surface area (Å²) in [4.78, 5) is 23.9. The van der Waals surface area contributed by atoms with Crippen molar-refractivity contribution in [1.29, 1.82) is 0 Å². The van der Waals surface area contributed by atoms with Crippen LogP contribution in [-0.2, 0) is 9.59 Å². The molecule has 4 aliphatic rings. The predicted octanol–water partition coefficient (Wildman–Crippen LogP) is 6.50. The highest BCUT2D eigenvalue weighted by Gasteiger charge is 2.66. The minimum Gasteiger partial charge on any atom is -0.478 e. The highest BCUT2D eigenvalue weighted by atomic mass is 16.4. The van der Waals surface area contributed by atoms with Crippen molar-refractivity contribution in [1.82, 2.24) is 0 Å². The van der Waals surface area contributed by atoms with Gasteiger partial charge in [0.15, 0.2) is 0 Å². The van der Waals surface area contributed by atoms with Crippen molar-refractivity contribution in [2.75, 3.05) is 0 Å². The van der Waals surface area contributed by atoms with Crippen molar-refractivity contribution in [3.05, 3.63) is 34.9 Å². The van der Waals surface area contributed by atoms with Gasteiger partial charge in [0.1, 0.15) is 5.78 Å². The first kappa shape index (κ1) is 25.4. The molecule has 7 atom stereocenters. The number of aliphatic hydroxyl groups is 1. The van der Waals surface area contributed by atoms with Crippen molar-refractivity contribution in [2.45, 2.75) is 99.5 Å². The summed E-state index contributed by atoms with van der Waals surface area (Å²) in [5.74, 6) is 0.618. The summed E-state index contributed by atoms with van der Waals surface area (Å²) >= 11 is 0. The molecule has 4 rings (SSSR count). The topological polar surface area (TPSA) is 74.6 Å². The molecule has 0 aromatic rings. The number of ketones is 1. The molecule has 2 fully saturated rings. The number of aliphatic carboxylic acids is 1. The molecule has 188 valence electrons. The molecule has 1 unspecified atom stereocenters. The van der Waals surface area contributed by atoms with Crippen LogP contribution in [0.3, 0.4) is 0 Å². The number of Topliss-reactive ketones (excluding diaryl/α,β-unsaturated/α-hetero) is 1. The average Bonchev–Trinajstić information content (AvgIpc) is 2.98. The van der Waals surface area contributed by atoms with E-state index in [0.717, 1.165) is 38.5 Å². The Bertz CT molecular complexity index is 984. The van der Waals surface area contributed by atoms with Crippen molar-refractivity contribution >= 4 is 11.8 Å². The van der Waals surface area contributed by atoms with Gasteiger partial charge < -0.3 is 10.2 Å². The number of rotatable bonds is 5. The minimum absolute atomic E-state index is 0.0194. The Balaban J connectivity index is 1.66. The number of aliphatic hydroxyl groups excluding tert-OH is 1. The molecule has 0 bridgehead atoms. The van der Waals surface area contributed by atoms with E-state index in [-0.39, 0.29) is 21.7 Å². The lowest BCUT2D eigenvalue weighted by Gasteiger charge is -2.60. The van der Waals surface area contributed by atoms with Crippen molar-refractivity contribution < 1.29 is 19.8 Å². The number of carboxylic acid groups (broad SMARTS) is 1. The van der Waals surface area contributed by atoms with E-state index in [0.29, 0.717) is 35.5 Å². The van der Waals surface area contributed by atoms with Crippen LogP contribution in [0.2, 0.25) is 0 Å². The second-order valence-corrected chi connectivity index (χ2v) is 13.0. The van der Waals surface area contributed by atoms with Gasteiger partial charge in [-0.25, -0.2) is 4.79 Å². The highest BCUT2D eigenvalue weighted by Crippen LogP contribution is 2.71. The SMILES string of the molecule is C/C(=C\CC[C@@H](C)[C@H]1C[C@H](O)[C@@]2(C)C3=CCC4C(C)(C)C(=O)CC[C@]4(C)C3=CC[C@]12C)C(=O)O. The third-order valence-corrected chi connectivity index (χ3v) is 11.2. The number of carbonyl (C=O) groups is 2. The first-order valence-electron chi connectivity index (χ1n) is 13.2. The lowest BCUT2D eigenvalue weighted by molar-refractivity contribution is -0.138. The molecule has 0 saturated heterocycles. The van der Waals surface area contributed by atoms with Crippen LogP contribution >= 0.6 is 0 Å². The molecule has 4 nitrogen and oxygen atoms in total. The van der Waals surface area contributed by atoms with Gasteiger partial charge in [0, 0.05) is 22.8 Å². The number of carboxylic acids is 1. The highest BCUT2D eigenvalue weighted by molar-refractivity contribution is 5.86. The average molecular weight is 469 g/mol. The van der Waals surface area contributed by atoms with E-state index in [1.54, 1.807) is 6.92 Å². The van der Waals surface area contributed by atoms with Crippen LogP contribution < -0.4 is 0 Å². The molecule has 0 heterocycles.